The summed E-state index contributed by atoms with van der Waals surface area (Å²) in [4.78, 5) is 8.07. The summed E-state index contributed by atoms with van der Waals surface area (Å²) in [7, 11) is 0. The second kappa shape index (κ2) is 11.3. The zero-order valence-electron chi connectivity index (χ0n) is 11.4. The topological polar surface area (TPSA) is 25.8 Å². The maximum atomic E-state index is 4.05. The fourth-order valence-electron chi connectivity index (χ4n) is 0.983. The zero-order chi connectivity index (χ0) is 12.0. The van der Waals surface area contributed by atoms with Crippen molar-refractivity contribution in [1.29, 1.82) is 0 Å². The van der Waals surface area contributed by atoms with Gasteiger partial charge in [-0.1, -0.05) is 37.6 Å². The van der Waals surface area contributed by atoms with E-state index in [1.165, 1.54) is 0 Å². The smallest absolute Gasteiger partial charge is 0 e. The fourth-order valence-corrected chi connectivity index (χ4v) is 0.983. The number of nitrogens with zero attached hydrogens (tertiary/aromatic N) is 2. The van der Waals surface area contributed by atoms with Gasteiger partial charge in [0.2, 0.25) is 0 Å². The normalized spacial score (nSPS) is 8.22. The first-order chi connectivity index (χ1) is 7.58. The van der Waals surface area contributed by atoms with E-state index in [0.717, 1.165) is 22.5 Å². The summed E-state index contributed by atoms with van der Waals surface area (Å²) in [5.74, 6) is 0. The average Bonchev–Trinajstić information content (AvgIpc) is 2.28. The van der Waals surface area contributed by atoms with Gasteiger partial charge >= 0.3 is 0 Å². The van der Waals surface area contributed by atoms with Gasteiger partial charge in [0, 0.05) is 65.4 Å². The van der Waals surface area contributed by atoms with Crippen LogP contribution in [0.3, 0.4) is 0 Å². The van der Waals surface area contributed by atoms with Crippen LogP contribution in [-0.4, -0.2) is 9.97 Å². The van der Waals surface area contributed by atoms with Crippen LogP contribution in [0.2, 0.25) is 0 Å². The van der Waals surface area contributed by atoms with E-state index in [-0.39, 0.29) is 65.4 Å². The van der Waals surface area contributed by atoms with Crippen molar-refractivity contribution < 1.29 is 65.4 Å². The number of rotatable bonds is 0. The summed E-state index contributed by atoms with van der Waals surface area (Å²) in [6, 6.07) is 9.84. The minimum absolute atomic E-state index is 0. The summed E-state index contributed by atoms with van der Waals surface area (Å²) in [5, 5.41) is 0. The minimum Gasteiger partial charge on any atom is -0.388 e. The first-order valence-corrected chi connectivity index (χ1v) is 5.20. The van der Waals surface area contributed by atoms with Gasteiger partial charge in [0.25, 0.3) is 0 Å². The van der Waals surface area contributed by atoms with E-state index in [1.54, 1.807) is 0 Å². The van der Waals surface area contributed by atoms with E-state index in [1.807, 2.05) is 52.2 Å². The summed E-state index contributed by atoms with van der Waals surface area (Å²) in [5.41, 5.74) is 4.23. The van der Waals surface area contributed by atoms with Gasteiger partial charge in [-0.15, -0.1) is 12.5 Å². The van der Waals surface area contributed by atoms with Crippen LogP contribution in [0.25, 0.3) is 0 Å². The molecule has 4 heteroatoms. The molecule has 2 heterocycles. The average molecular weight is 390 g/mol. The van der Waals surface area contributed by atoms with Crippen LogP contribution in [0.15, 0.2) is 24.5 Å². The SMILES string of the molecule is Cc1[c-]cc(C)nc1.Cc1c[c-]c(C)nc1.[Y].[Y]. The maximum Gasteiger partial charge on any atom is 0 e. The number of hydrogen-bond acceptors (Lipinski definition) is 2. The van der Waals surface area contributed by atoms with Gasteiger partial charge in [-0.2, -0.15) is 17.7 Å². The molecule has 2 rings (SSSR count). The van der Waals surface area contributed by atoms with Crippen molar-refractivity contribution in [2.45, 2.75) is 27.7 Å². The fraction of sp³-hybridized carbons (Fsp3) is 0.286. The van der Waals surface area contributed by atoms with Crippen molar-refractivity contribution in [1.82, 2.24) is 9.97 Å². The molecule has 0 N–H and O–H groups in total. The molecule has 0 aliphatic carbocycles. The van der Waals surface area contributed by atoms with E-state index in [2.05, 4.69) is 22.1 Å². The third-order valence-corrected chi connectivity index (χ3v) is 1.94. The Morgan fingerprint density at radius 3 is 1.83 bits per heavy atom. The van der Waals surface area contributed by atoms with Crippen LogP contribution in [0.4, 0.5) is 0 Å². The Bertz CT molecular complexity index is 339. The van der Waals surface area contributed by atoms with Crippen LogP contribution >= 0.6 is 0 Å². The third-order valence-electron chi connectivity index (χ3n) is 1.94. The molecule has 90 valence electrons. The van der Waals surface area contributed by atoms with Gasteiger partial charge in [0.1, 0.15) is 0 Å². The van der Waals surface area contributed by atoms with Gasteiger partial charge in [-0.3, -0.25) is 0 Å². The molecular weight excluding hydrogens is 374 g/mol. The maximum absolute atomic E-state index is 4.05. The van der Waals surface area contributed by atoms with Gasteiger partial charge < -0.3 is 9.97 Å². The van der Waals surface area contributed by atoms with Crippen LogP contribution in [0.1, 0.15) is 22.5 Å². The quantitative estimate of drug-likeness (QED) is 0.647. The number of pyridine rings is 2. The van der Waals surface area contributed by atoms with Crippen LogP contribution in [0, 0.1) is 39.8 Å². The Labute approximate surface area is 160 Å². The van der Waals surface area contributed by atoms with Crippen LogP contribution in [0.5, 0.6) is 0 Å². The van der Waals surface area contributed by atoms with Crippen molar-refractivity contribution in [3.63, 3.8) is 0 Å². The Morgan fingerprint density at radius 1 is 0.833 bits per heavy atom. The van der Waals surface area contributed by atoms with Crippen LogP contribution in [-0.2, 0) is 65.4 Å². The molecule has 2 aromatic rings. The molecule has 0 spiro atoms. The molecule has 0 amide bonds. The summed E-state index contributed by atoms with van der Waals surface area (Å²) in [6.45, 7) is 7.87. The van der Waals surface area contributed by atoms with Gasteiger partial charge in [0.05, 0.1) is 0 Å². The Kier molecular flexibility index (Phi) is 13.1. The van der Waals surface area contributed by atoms with Crippen molar-refractivity contribution in [3.8, 4) is 0 Å². The van der Waals surface area contributed by atoms with Crippen molar-refractivity contribution in [2.24, 2.45) is 0 Å². The van der Waals surface area contributed by atoms with E-state index >= 15 is 0 Å². The minimum atomic E-state index is 0. The molecule has 0 atom stereocenters. The predicted molar refractivity (Wildman–Crippen MR) is 65.1 cm³/mol. The molecule has 0 aliphatic rings. The van der Waals surface area contributed by atoms with E-state index in [0.29, 0.717) is 0 Å². The molecule has 0 saturated carbocycles. The van der Waals surface area contributed by atoms with E-state index in [9.17, 15) is 0 Å². The second-order valence-corrected chi connectivity index (χ2v) is 3.75. The third kappa shape index (κ3) is 9.44. The van der Waals surface area contributed by atoms with E-state index < -0.39 is 0 Å². The molecule has 0 aromatic carbocycles. The summed E-state index contributed by atoms with van der Waals surface area (Å²) in [6.07, 6.45) is 3.65. The molecule has 2 aromatic heterocycles. The molecule has 2 nitrogen and oxygen atoms in total. The first kappa shape index (κ1) is 20.8. The molecule has 0 unspecified atom stereocenters. The monoisotopic (exact) mass is 390 g/mol. The van der Waals surface area contributed by atoms with Crippen molar-refractivity contribution in [2.75, 3.05) is 0 Å². The summed E-state index contributed by atoms with van der Waals surface area (Å²) < 4.78 is 0. The van der Waals surface area contributed by atoms with Crippen LogP contribution < -0.4 is 0 Å². The predicted octanol–water partition coefficient (Wildman–Crippen LogP) is 2.99. The Morgan fingerprint density at radius 2 is 1.50 bits per heavy atom. The number of aryl methyl sites for hydroxylation is 4. The first-order valence-electron chi connectivity index (χ1n) is 5.20. The number of aromatic nitrogens is 2. The molecule has 0 saturated heterocycles. The molecule has 2 radical (unpaired) electrons. The molecular formula is C14H16N2Y2-2. The molecule has 0 aliphatic heterocycles. The molecule has 18 heavy (non-hydrogen) atoms. The second-order valence-electron chi connectivity index (χ2n) is 3.75. The molecule has 0 fully saturated rings. The molecule has 0 bridgehead atoms. The zero-order valence-corrected chi connectivity index (χ0v) is 17.0. The van der Waals surface area contributed by atoms with Gasteiger partial charge in [0.15, 0.2) is 0 Å². The van der Waals surface area contributed by atoms with Crippen molar-refractivity contribution in [3.05, 3.63) is 59.2 Å². The van der Waals surface area contributed by atoms with Crippen molar-refractivity contribution >= 4 is 0 Å². The summed E-state index contributed by atoms with van der Waals surface area (Å²) >= 11 is 0. The Hall–Kier alpha value is 0.508. The van der Waals surface area contributed by atoms with E-state index in [4.69, 9.17) is 0 Å². The van der Waals surface area contributed by atoms with Gasteiger partial charge in [-0.25, -0.2) is 12.1 Å². The van der Waals surface area contributed by atoms with Gasteiger partial charge in [-0.05, 0) is 6.92 Å². The standard InChI is InChI=1S/2C7H8N.2Y/c2*1-6-3-4-7(2)8-5-6;;/h4-5H,1-2H3;3,5H,1-2H3;;/q2*-1;;. The Balaban J connectivity index is 0. The number of hydrogen-bond donors (Lipinski definition) is 0. The largest absolute Gasteiger partial charge is 0.388 e.